The molecule has 1 atom stereocenters. The third-order valence-electron chi connectivity index (χ3n) is 1.90. The van der Waals surface area contributed by atoms with Crippen LogP contribution in [0.4, 0.5) is 5.82 Å². The highest BCUT2D eigenvalue weighted by molar-refractivity contribution is 5.93. The predicted octanol–water partition coefficient (Wildman–Crippen LogP) is 0.905. The van der Waals surface area contributed by atoms with Crippen LogP contribution in [0.25, 0.3) is 0 Å². The lowest BCUT2D eigenvalue weighted by molar-refractivity contribution is -0.118. The maximum Gasteiger partial charge on any atom is 0.242 e. The molecule has 1 unspecified atom stereocenters. The van der Waals surface area contributed by atoms with Crippen molar-refractivity contribution in [2.45, 2.75) is 26.8 Å². The highest BCUT2D eigenvalue weighted by atomic mass is 16.5. The van der Waals surface area contributed by atoms with Gasteiger partial charge in [0, 0.05) is 6.07 Å². The van der Waals surface area contributed by atoms with Crippen LogP contribution in [-0.2, 0) is 4.79 Å². The first-order valence-corrected chi connectivity index (χ1v) is 4.50. The third kappa shape index (κ3) is 2.56. The molecule has 3 N–H and O–H groups in total. The lowest BCUT2D eigenvalue weighted by Crippen LogP contribution is -2.39. The van der Waals surface area contributed by atoms with E-state index in [0.717, 1.165) is 0 Å². The average molecular weight is 197 g/mol. The molecule has 0 saturated heterocycles. The molecule has 1 amide bonds. The van der Waals surface area contributed by atoms with Gasteiger partial charge in [0.05, 0.1) is 6.04 Å². The second kappa shape index (κ2) is 4.23. The van der Waals surface area contributed by atoms with Crippen molar-refractivity contribution in [3.05, 3.63) is 11.8 Å². The van der Waals surface area contributed by atoms with E-state index in [9.17, 15) is 4.79 Å². The fourth-order valence-corrected chi connectivity index (χ4v) is 0.938. The quantitative estimate of drug-likeness (QED) is 0.754. The Balaban J connectivity index is 2.57. The monoisotopic (exact) mass is 197 g/mol. The Morgan fingerprint density at radius 2 is 2.29 bits per heavy atom. The second-order valence-corrected chi connectivity index (χ2v) is 3.58. The molecule has 0 radical (unpaired) electrons. The van der Waals surface area contributed by atoms with Crippen molar-refractivity contribution in [3.8, 4) is 0 Å². The molecule has 5 nitrogen and oxygen atoms in total. The van der Waals surface area contributed by atoms with Gasteiger partial charge in [0.25, 0.3) is 0 Å². The van der Waals surface area contributed by atoms with Crippen LogP contribution >= 0.6 is 0 Å². The van der Waals surface area contributed by atoms with E-state index in [2.05, 4.69) is 10.5 Å². The van der Waals surface area contributed by atoms with E-state index in [0.29, 0.717) is 11.6 Å². The summed E-state index contributed by atoms with van der Waals surface area (Å²) in [6, 6.07) is 1.12. The number of nitrogens with one attached hydrogen (secondary N) is 1. The Hall–Kier alpha value is -1.36. The van der Waals surface area contributed by atoms with Crippen molar-refractivity contribution >= 4 is 11.7 Å². The van der Waals surface area contributed by atoms with E-state index in [-0.39, 0.29) is 11.8 Å². The molecule has 0 aliphatic rings. The van der Waals surface area contributed by atoms with Crippen molar-refractivity contribution in [1.29, 1.82) is 0 Å². The third-order valence-corrected chi connectivity index (χ3v) is 1.90. The highest BCUT2D eigenvalue weighted by Gasteiger charge is 2.18. The van der Waals surface area contributed by atoms with Crippen LogP contribution in [0.1, 0.15) is 19.6 Å². The Kier molecular flexibility index (Phi) is 3.24. The van der Waals surface area contributed by atoms with Crippen LogP contribution in [0.2, 0.25) is 0 Å². The molecule has 0 spiro atoms. The Morgan fingerprint density at radius 3 is 2.71 bits per heavy atom. The summed E-state index contributed by atoms with van der Waals surface area (Å²) in [6.07, 6.45) is 0. The fourth-order valence-electron chi connectivity index (χ4n) is 0.938. The first-order valence-electron chi connectivity index (χ1n) is 4.50. The van der Waals surface area contributed by atoms with E-state index >= 15 is 0 Å². The SMILES string of the molecule is Cc1cc(NC(=O)C(N)C(C)C)no1. The number of amides is 1. The first kappa shape index (κ1) is 10.7. The minimum absolute atomic E-state index is 0.1000. The molecule has 78 valence electrons. The Morgan fingerprint density at radius 1 is 1.64 bits per heavy atom. The van der Waals surface area contributed by atoms with Gasteiger partial charge in [-0.05, 0) is 12.8 Å². The van der Waals surface area contributed by atoms with Gasteiger partial charge in [-0.15, -0.1) is 0 Å². The Labute approximate surface area is 82.6 Å². The molecule has 0 aromatic carbocycles. The molecule has 5 heteroatoms. The van der Waals surface area contributed by atoms with Crippen LogP contribution in [0, 0.1) is 12.8 Å². The zero-order chi connectivity index (χ0) is 10.7. The van der Waals surface area contributed by atoms with Gasteiger partial charge in [-0.2, -0.15) is 0 Å². The molecule has 0 bridgehead atoms. The normalized spacial score (nSPS) is 12.9. The molecule has 0 saturated carbocycles. The van der Waals surface area contributed by atoms with Gasteiger partial charge in [0.2, 0.25) is 5.91 Å². The van der Waals surface area contributed by atoms with Gasteiger partial charge >= 0.3 is 0 Å². The van der Waals surface area contributed by atoms with Crippen molar-refractivity contribution in [3.63, 3.8) is 0 Å². The minimum Gasteiger partial charge on any atom is -0.360 e. The van der Waals surface area contributed by atoms with Crippen LogP contribution in [0.3, 0.4) is 0 Å². The van der Waals surface area contributed by atoms with Crippen LogP contribution in [0.15, 0.2) is 10.6 Å². The smallest absolute Gasteiger partial charge is 0.242 e. The first-order chi connectivity index (χ1) is 6.50. The number of anilines is 1. The summed E-state index contributed by atoms with van der Waals surface area (Å²) in [6.45, 7) is 5.53. The van der Waals surface area contributed by atoms with Gasteiger partial charge in [-0.3, -0.25) is 4.79 Å². The van der Waals surface area contributed by atoms with E-state index < -0.39 is 6.04 Å². The number of aryl methyl sites for hydroxylation is 1. The van der Waals surface area contributed by atoms with E-state index in [1.807, 2.05) is 13.8 Å². The lowest BCUT2D eigenvalue weighted by Gasteiger charge is -2.13. The fraction of sp³-hybridized carbons (Fsp3) is 0.556. The van der Waals surface area contributed by atoms with Crippen LogP contribution < -0.4 is 11.1 Å². The summed E-state index contributed by atoms with van der Waals surface area (Å²) in [5.74, 6) is 0.915. The molecular formula is C9H15N3O2. The van der Waals surface area contributed by atoms with E-state index in [4.69, 9.17) is 10.3 Å². The largest absolute Gasteiger partial charge is 0.360 e. The maximum absolute atomic E-state index is 11.4. The summed E-state index contributed by atoms with van der Waals surface area (Å²) < 4.78 is 4.80. The number of nitrogens with zero attached hydrogens (tertiary/aromatic N) is 1. The number of hydrogen-bond donors (Lipinski definition) is 2. The van der Waals surface area contributed by atoms with Crippen LogP contribution in [0.5, 0.6) is 0 Å². The number of nitrogens with two attached hydrogens (primary N) is 1. The number of aromatic nitrogens is 1. The summed E-state index contributed by atoms with van der Waals surface area (Å²) in [5.41, 5.74) is 5.64. The van der Waals surface area contributed by atoms with Crippen molar-refractivity contribution in [2.75, 3.05) is 5.32 Å². The standard InChI is InChI=1S/C9H15N3O2/c1-5(2)8(10)9(13)11-7-4-6(3)14-12-7/h4-5,8H,10H2,1-3H3,(H,11,12,13). The zero-order valence-electron chi connectivity index (χ0n) is 8.57. The van der Waals surface area contributed by atoms with E-state index in [1.54, 1.807) is 13.0 Å². The van der Waals surface area contributed by atoms with Gasteiger partial charge in [0.1, 0.15) is 5.76 Å². The minimum atomic E-state index is -0.521. The number of carbonyl (C=O) groups is 1. The molecule has 1 heterocycles. The van der Waals surface area contributed by atoms with Gasteiger partial charge in [-0.1, -0.05) is 19.0 Å². The van der Waals surface area contributed by atoms with Crippen molar-refractivity contribution in [1.82, 2.24) is 5.16 Å². The summed E-state index contributed by atoms with van der Waals surface area (Å²) in [7, 11) is 0. The topological polar surface area (TPSA) is 81.2 Å². The molecule has 0 fully saturated rings. The number of carbonyl (C=O) groups excluding carboxylic acids is 1. The molecule has 0 aliphatic heterocycles. The zero-order valence-corrected chi connectivity index (χ0v) is 8.57. The lowest BCUT2D eigenvalue weighted by atomic mass is 10.1. The molecule has 0 aliphatic carbocycles. The average Bonchev–Trinajstić information content (AvgIpc) is 2.49. The van der Waals surface area contributed by atoms with E-state index in [1.165, 1.54) is 0 Å². The molecule has 1 aromatic heterocycles. The number of rotatable bonds is 3. The molecule has 1 aromatic rings. The van der Waals surface area contributed by atoms with Crippen LogP contribution in [-0.4, -0.2) is 17.1 Å². The summed E-state index contributed by atoms with van der Waals surface area (Å²) >= 11 is 0. The van der Waals surface area contributed by atoms with Gasteiger partial charge in [0.15, 0.2) is 5.82 Å². The van der Waals surface area contributed by atoms with Crippen molar-refractivity contribution < 1.29 is 9.32 Å². The molecular weight excluding hydrogens is 182 g/mol. The van der Waals surface area contributed by atoms with Crippen molar-refractivity contribution in [2.24, 2.45) is 11.7 Å². The molecule has 1 rings (SSSR count). The predicted molar refractivity (Wildman–Crippen MR) is 52.7 cm³/mol. The highest BCUT2D eigenvalue weighted by Crippen LogP contribution is 2.08. The summed E-state index contributed by atoms with van der Waals surface area (Å²) in [5, 5.41) is 6.21. The molecule has 14 heavy (non-hydrogen) atoms. The maximum atomic E-state index is 11.4. The van der Waals surface area contributed by atoms with Gasteiger partial charge < -0.3 is 15.6 Å². The van der Waals surface area contributed by atoms with Gasteiger partial charge in [-0.25, -0.2) is 0 Å². The summed E-state index contributed by atoms with van der Waals surface area (Å²) in [4.78, 5) is 11.4. The second-order valence-electron chi connectivity index (χ2n) is 3.58. The Bertz CT molecular complexity index is 320. The number of hydrogen-bond acceptors (Lipinski definition) is 4.